The van der Waals surface area contributed by atoms with E-state index in [0.717, 1.165) is 0 Å². The monoisotopic (exact) mass is 285 g/mol. The number of aliphatic imine (C=N–C) groups is 1. The van der Waals surface area contributed by atoms with Gasteiger partial charge >= 0.3 is 0 Å². The molecule has 1 atom stereocenters. The summed E-state index contributed by atoms with van der Waals surface area (Å²) in [5.74, 6) is 0.286. The summed E-state index contributed by atoms with van der Waals surface area (Å²) in [7, 11) is 0. The van der Waals surface area contributed by atoms with Gasteiger partial charge in [0.05, 0.1) is 0 Å². The number of carbonyl (C=O) groups excluding carboxylic acids is 1. The maximum atomic E-state index is 11.8. The Morgan fingerprint density at radius 2 is 2.11 bits per heavy atom. The highest BCUT2D eigenvalue weighted by Crippen LogP contribution is 2.30. The van der Waals surface area contributed by atoms with Gasteiger partial charge in [-0.15, -0.1) is 0 Å². The van der Waals surface area contributed by atoms with E-state index in [0.29, 0.717) is 21.6 Å². The molecule has 6 heteroatoms. The van der Waals surface area contributed by atoms with Crippen LogP contribution < -0.4 is 10.6 Å². The third-order valence-corrected chi connectivity index (χ3v) is 2.99. The van der Waals surface area contributed by atoms with Gasteiger partial charge in [-0.1, -0.05) is 29.3 Å². The van der Waals surface area contributed by atoms with Crippen molar-refractivity contribution in [2.45, 2.75) is 25.9 Å². The Morgan fingerprint density at radius 3 is 2.72 bits per heavy atom. The van der Waals surface area contributed by atoms with Crippen LogP contribution in [0.1, 0.15) is 25.5 Å². The summed E-state index contributed by atoms with van der Waals surface area (Å²) >= 11 is 11.9. The molecule has 0 saturated heterocycles. The molecule has 1 aliphatic rings. The highest BCUT2D eigenvalue weighted by Gasteiger charge is 2.29. The van der Waals surface area contributed by atoms with Crippen LogP contribution in [0.2, 0.25) is 10.0 Å². The Bertz CT molecular complexity index is 514. The van der Waals surface area contributed by atoms with Gasteiger partial charge < -0.3 is 5.32 Å². The number of benzene rings is 1. The summed E-state index contributed by atoms with van der Waals surface area (Å²) in [6.45, 7) is 3.94. The van der Waals surface area contributed by atoms with E-state index in [9.17, 15) is 4.79 Å². The van der Waals surface area contributed by atoms with Crippen molar-refractivity contribution >= 4 is 35.1 Å². The average molecular weight is 286 g/mol. The lowest BCUT2D eigenvalue weighted by atomic mass is 10.1. The summed E-state index contributed by atoms with van der Waals surface area (Å²) in [5.41, 5.74) is 0.652. The van der Waals surface area contributed by atoms with Gasteiger partial charge in [0.2, 0.25) is 0 Å². The quantitative estimate of drug-likeness (QED) is 0.877. The standard InChI is InChI=1S/C12H13Cl2N3O/c1-6(2)15-12-16-10(11(18)17-12)8-4-3-7(13)5-9(8)14/h3-6,10H,1-2H3,(H2,15,16,17,18). The first kappa shape index (κ1) is 13.2. The van der Waals surface area contributed by atoms with E-state index in [4.69, 9.17) is 23.2 Å². The lowest BCUT2D eigenvalue weighted by molar-refractivity contribution is -0.120. The highest BCUT2D eigenvalue weighted by atomic mass is 35.5. The largest absolute Gasteiger partial charge is 0.354 e. The van der Waals surface area contributed by atoms with E-state index < -0.39 is 6.04 Å². The second kappa shape index (κ2) is 5.16. The van der Waals surface area contributed by atoms with E-state index in [1.165, 1.54) is 0 Å². The molecule has 0 spiro atoms. The predicted octanol–water partition coefficient (Wildman–Crippen LogP) is 2.52. The number of carbonyl (C=O) groups is 1. The summed E-state index contributed by atoms with van der Waals surface area (Å²) in [5, 5.41) is 6.71. The number of halogens is 2. The zero-order chi connectivity index (χ0) is 13.3. The Hall–Kier alpha value is -1.26. The van der Waals surface area contributed by atoms with E-state index in [1.54, 1.807) is 18.2 Å². The molecule has 2 N–H and O–H groups in total. The van der Waals surface area contributed by atoms with Crippen LogP contribution in [0.25, 0.3) is 0 Å². The first-order chi connectivity index (χ1) is 8.47. The maximum absolute atomic E-state index is 11.8. The molecule has 1 aliphatic heterocycles. The normalized spacial score (nSPS) is 18.8. The minimum atomic E-state index is -0.615. The van der Waals surface area contributed by atoms with Crippen molar-refractivity contribution in [3.63, 3.8) is 0 Å². The van der Waals surface area contributed by atoms with Crippen LogP contribution in [0, 0.1) is 0 Å². The number of guanidine groups is 1. The molecule has 1 unspecified atom stereocenters. The Labute approximate surface area is 115 Å². The zero-order valence-corrected chi connectivity index (χ0v) is 11.5. The molecule has 96 valence electrons. The number of hydrogen-bond donors (Lipinski definition) is 2. The summed E-state index contributed by atoms with van der Waals surface area (Å²) < 4.78 is 0. The Balaban J connectivity index is 2.27. The lowest BCUT2D eigenvalue weighted by Crippen LogP contribution is -2.40. The molecule has 0 aromatic heterocycles. The van der Waals surface area contributed by atoms with Gasteiger partial charge in [0.15, 0.2) is 12.0 Å². The van der Waals surface area contributed by atoms with Gasteiger partial charge in [0.1, 0.15) is 0 Å². The van der Waals surface area contributed by atoms with Gasteiger partial charge in [-0.05, 0) is 26.0 Å². The van der Waals surface area contributed by atoms with Crippen molar-refractivity contribution in [3.8, 4) is 0 Å². The third kappa shape index (κ3) is 2.76. The molecule has 4 nitrogen and oxygen atoms in total. The van der Waals surface area contributed by atoms with Crippen molar-refractivity contribution in [2.75, 3.05) is 0 Å². The molecule has 18 heavy (non-hydrogen) atoms. The predicted molar refractivity (Wildman–Crippen MR) is 73.1 cm³/mol. The highest BCUT2D eigenvalue weighted by molar-refractivity contribution is 6.35. The third-order valence-electron chi connectivity index (χ3n) is 2.43. The first-order valence-corrected chi connectivity index (χ1v) is 6.33. The molecule has 0 bridgehead atoms. The number of amides is 1. The molecule has 1 amide bonds. The molecule has 0 fully saturated rings. The smallest absolute Gasteiger partial charge is 0.256 e. The van der Waals surface area contributed by atoms with Gasteiger partial charge in [-0.2, -0.15) is 0 Å². The molecule has 0 saturated carbocycles. The fourth-order valence-electron chi connectivity index (χ4n) is 1.69. The van der Waals surface area contributed by atoms with Gasteiger partial charge in [-0.3, -0.25) is 10.1 Å². The van der Waals surface area contributed by atoms with Crippen LogP contribution >= 0.6 is 23.2 Å². The van der Waals surface area contributed by atoms with Crippen LogP contribution in [0.5, 0.6) is 0 Å². The first-order valence-electron chi connectivity index (χ1n) is 5.57. The molecule has 2 rings (SSSR count). The van der Waals surface area contributed by atoms with E-state index >= 15 is 0 Å². The van der Waals surface area contributed by atoms with Crippen molar-refractivity contribution in [1.82, 2.24) is 10.6 Å². The molecule has 1 aromatic carbocycles. The number of rotatable bonds is 2. The van der Waals surface area contributed by atoms with Crippen LogP contribution in [-0.4, -0.2) is 17.9 Å². The average Bonchev–Trinajstić information content (AvgIpc) is 2.58. The van der Waals surface area contributed by atoms with Crippen molar-refractivity contribution < 1.29 is 4.79 Å². The van der Waals surface area contributed by atoms with Crippen molar-refractivity contribution in [1.29, 1.82) is 0 Å². The fraction of sp³-hybridized carbons (Fsp3) is 0.333. The van der Waals surface area contributed by atoms with E-state index in [-0.39, 0.29) is 11.9 Å². The Kier molecular flexibility index (Phi) is 3.78. The lowest BCUT2D eigenvalue weighted by Gasteiger charge is -2.07. The SMILES string of the molecule is CC(C)NC1=NC(c2ccc(Cl)cc2Cl)C(=O)N1. The van der Waals surface area contributed by atoms with Gasteiger partial charge in [0.25, 0.3) is 5.91 Å². The van der Waals surface area contributed by atoms with E-state index in [1.807, 2.05) is 13.8 Å². The number of nitrogens with one attached hydrogen (secondary N) is 2. The van der Waals surface area contributed by atoms with Crippen LogP contribution in [0.15, 0.2) is 23.2 Å². The Morgan fingerprint density at radius 1 is 1.39 bits per heavy atom. The van der Waals surface area contributed by atoms with Crippen LogP contribution in [0.3, 0.4) is 0 Å². The molecular weight excluding hydrogens is 273 g/mol. The minimum Gasteiger partial charge on any atom is -0.354 e. The second-order valence-electron chi connectivity index (χ2n) is 4.33. The van der Waals surface area contributed by atoms with Gasteiger partial charge in [-0.25, -0.2) is 4.99 Å². The molecular formula is C12H13Cl2N3O. The molecule has 0 radical (unpaired) electrons. The maximum Gasteiger partial charge on any atom is 0.256 e. The summed E-state index contributed by atoms with van der Waals surface area (Å²) in [6, 6.07) is 4.60. The summed E-state index contributed by atoms with van der Waals surface area (Å²) in [4.78, 5) is 16.1. The molecule has 0 aliphatic carbocycles. The van der Waals surface area contributed by atoms with Crippen LogP contribution in [0.4, 0.5) is 0 Å². The van der Waals surface area contributed by atoms with Crippen molar-refractivity contribution in [3.05, 3.63) is 33.8 Å². The summed E-state index contributed by atoms with van der Waals surface area (Å²) in [6.07, 6.45) is 0. The molecule has 1 heterocycles. The molecule has 1 aromatic rings. The van der Waals surface area contributed by atoms with E-state index in [2.05, 4.69) is 15.6 Å². The zero-order valence-electron chi connectivity index (χ0n) is 10.00. The number of hydrogen-bond acceptors (Lipinski definition) is 3. The number of nitrogens with zero attached hydrogens (tertiary/aromatic N) is 1. The van der Waals surface area contributed by atoms with Gasteiger partial charge in [0, 0.05) is 21.7 Å². The van der Waals surface area contributed by atoms with Crippen LogP contribution in [-0.2, 0) is 4.79 Å². The topological polar surface area (TPSA) is 53.5 Å². The minimum absolute atomic E-state index is 0.192. The van der Waals surface area contributed by atoms with Crippen molar-refractivity contribution in [2.24, 2.45) is 4.99 Å². The fourth-order valence-corrected chi connectivity index (χ4v) is 2.20. The second-order valence-corrected chi connectivity index (χ2v) is 5.18.